The Labute approximate surface area is 269 Å². The van der Waals surface area contributed by atoms with Crippen LogP contribution in [0, 0.1) is 5.92 Å². The number of ether oxygens (including phenoxy) is 1. The Bertz CT molecular complexity index is 1330. The number of allylic oxidation sites excluding steroid dienone is 2. The molecular weight excluding hydrogens is 607 g/mol. The SMILES string of the molecule is C[C@@H]1/C=C/C(=O)NC/C=C/C=C/C(O[Si](C)(C)C(C)(C)C)CC(=O)Cc2nc(c([Si](C)(C)C)o2)C(=O)N2CCC[C@@H]2C(=O)OC1. The van der Waals surface area contributed by atoms with E-state index >= 15 is 0 Å². The quantitative estimate of drug-likeness (QED) is 0.366. The zero-order chi connectivity index (χ0) is 33.6. The second-order valence-electron chi connectivity index (χ2n) is 14.6. The fourth-order valence-corrected chi connectivity index (χ4v) is 7.39. The van der Waals surface area contributed by atoms with Gasteiger partial charge in [0.2, 0.25) is 11.8 Å². The summed E-state index contributed by atoms with van der Waals surface area (Å²) in [5, 5.41) is 3.25. The summed E-state index contributed by atoms with van der Waals surface area (Å²) < 4.78 is 18.3. The number of amides is 2. The van der Waals surface area contributed by atoms with Gasteiger partial charge in [0.15, 0.2) is 14.0 Å². The van der Waals surface area contributed by atoms with Crippen molar-refractivity contribution in [1.29, 1.82) is 0 Å². The first-order chi connectivity index (χ1) is 20.9. The molecule has 1 aromatic heterocycles. The average molecular weight is 658 g/mol. The molecular formula is C33H51N3O7Si2. The van der Waals surface area contributed by atoms with Gasteiger partial charge in [0.05, 0.1) is 19.1 Å². The number of rotatable bonds is 3. The van der Waals surface area contributed by atoms with Gasteiger partial charge >= 0.3 is 5.97 Å². The third-order valence-corrected chi connectivity index (χ3v) is 14.6. The van der Waals surface area contributed by atoms with Crippen LogP contribution in [0.2, 0.25) is 37.8 Å². The number of hydrogen-bond donors (Lipinski definition) is 1. The number of nitrogens with one attached hydrogen (secondary N) is 1. The lowest BCUT2D eigenvalue weighted by Gasteiger charge is -2.38. The van der Waals surface area contributed by atoms with Gasteiger partial charge in [-0.25, -0.2) is 9.78 Å². The zero-order valence-corrected chi connectivity index (χ0v) is 30.4. The summed E-state index contributed by atoms with van der Waals surface area (Å²) in [6.45, 7) is 19.5. The lowest BCUT2D eigenvalue weighted by molar-refractivity contribution is -0.149. The number of ketones is 1. The Morgan fingerprint density at radius 2 is 1.76 bits per heavy atom. The molecule has 1 unspecified atom stereocenters. The third kappa shape index (κ3) is 10.2. The topological polar surface area (TPSA) is 128 Å². The first-order valence-corrected chi connectivity index (χ1v) is 22.3. The number of aromatic nitrogens is 1. The van der Waals surface area contributed by atoms with Crippen LogP contribution in [-0.2, 0) is 30.0 Å². The van der Waals surface area contributed by atoms with E-state index in [0.717, 1.165) is 0 Å². The van der Waals surface area contributed by atoms with Crippen molar-refractivity contribution in [2.75, 3.05) is 19.7 Å². The molecule has 1 fully saturated rings. The second kappa shape index (κ2) is 15.0. The van der Waals surface area contributed by atoms with Crippen LogP contribution in [-0.4, -0.2) is 81.7 Å². The predicted molar refractivity (Wildman–Crippen MR) is 179 cm³/mol. The molecule has 3 heterocycles. The van der Waals surface area contributed by atoms with Crippen LogP contribution in [0.15, 0.2) is 40.9 Å². The van der Waals surface area contributed by atoms with Crippen molar-refractivity contribution >= 4 is 45.3 Å². The molecule has 0 spiro atoms. The highest BCUT2D eigenvalue weighted by Crippen LogP contribution is 2.38. The number of nitrogens with zero attached hydrogens (tertiary/aromatic N) is 2. The maximum absolute atomic E-state index is 13.9. The van der Waals surface area contributed by atoms with Gasteiger partial charge in [-0.05, 0) is 37.0 Å². The number of carbonyl (C=O) groups is 4. The van der Waals surface area contributed by atoms with Crippen LogP contribution in [0.25, 0.3) is 0 Å². The molecule has 0 saturated carbocycles. The van der Waals surface area contributed by atoms with Gasteiger partial charge < -0.3 is 23.8 Å². The summed E-state index contributed by atoms with van der Waals surface area (Å²) in [5.41, 5.74) is 0.177. The van der Waals surface area contributed by atoms with E-state index in [1.165, 1.54) is 11.0 Å². The molecule has 3 rings (SSSR count). The van der Waals surface area contributed by atoms with E-state index < -0.39 is 34.5 Å². The number of Topliss-reactive ketones (excluding diaryl/α,β-unsaturated/α-hetero) is 1. The van der Waals surface area contributed by atoms with Crippen LogP contribution in [0.1, 0.15) is 63.3 Å². The summed E-state index contributed by atoms with van der Waals surface area (Å²) in [6.07, 6.45) is 11.2. The van der Waals surface area contributed by atoms with E-state index in [0.29, 0.717) is 31.3 Å². The number of fused-ring (bicyclic) bond motifs is 3. The Morgan fingerprint density at radius 3 is 2.42 bits per heavy atom. The van der Waals surface area contributed by atoms with Crippen molar-refractivity contribution in [3.05, 3.63) is 48.0 Å². The van der Waals surface area contributed by atoms with Crippen molar-refractivity contribution in [3.8, 4) is 0 Å². The summed E-state index contributed by atoms with van der Waals surface area (Å²) in [7, 11) is -4.42. The van der Waals surface area contributed by atoms with E-state index in [1.54, 1.807) is 6.08 Å². The molecule has 2 aliphatic rings. The normalized spacial score (nSPS) is 25.7. The van der Waals surface area contributed by atoms with Gasteiger partial charge in [0, 0.05) is 25.4 Å². The molecule has 1 N–H and O–H groups in total. The molecule has 2 amide bonds. The van der Waals surface area contributed by atoms with Crippen LogP contribution in [0.3, 0.4) is 0 Å². The van der Waals surface area contributed by atoms with E-state index in [-0.39, 0.29) is 59.6 Å². The van der Waals surface area contributed by atoms with Crippen molar-refractivity contribution in [1.82, 2.24) is 15.2 Å². The fraction of sp³-hybridized carbons (Fsp3) is 0.606. The molecule has 0 aliphatic carbocycles. The second-order valence-corrected chi connectivity index (χ2v) is 24.3. The minimum absolute atomic E-state index is 0.0569. The van der Waals surface area contributed by atoms with Gasteiger partial charge in [0.1, 0.15) is 25.3 Å². The third-order valence-electron chi connectivity index (χ3n) is 8.40. The molecule has 1 saturated heterocycles. The van der Waals surface area contributed by atoms with Crippen molar-refractivity contribution < 1.29 is 32.8 Å². The zero-order valence-electron chi connectivity index (χ0n) is 28.4. The number of carbonyl (C=O) groups excluding carboxylic acids is 4. The van der Waals surface area contributed by atoms with Crippen LogP contribution >= 0.6 is 0 Å². The smallest absolute Gasteiger partial charge is 0.328 e. The highest BCUT2D eigenvalue weighted by Gasteiger charge is 2.41. The highest BCUT2D eigenvalue weighted by molar-refractivity contribution is 6.88. The van der Waals surface area contributed by atoms with Crippen LogP contribution in [0.5, 0.6) is 0 Å². The summed E-state index contributed by atoms with van der Waals surface area (Å²) >= 11 is 0. The highest BCUT2D eigenvalue weighted by atomic mass is 28.4. The molecule has 2 aliphatic heterocycles. The predicted octanol–water partition coefficient (Wildman–Crippen LogP) is 4.69. The molecule has 12 heteroatoms. The Hall–Kier alpha value is -3.10. The standard InChI is InChI=1S/C33H51N3O7Si2/c1-23-16-17-27(38)34-18-12-10-11-14-25(43-45(8,9)33(2,3)4)20-24(37)21-28-35-29(32(42-28)44(5,6)7)30(39)36-19-13-15-26(36)31(40)41-22-23/h10-12,14,16-17,23,25-26H,13,15,18-22H2,1-9H3,(H,34,38)/b12-10+,14-11+,17-16+/t23-,25?,26-/m1/s1. The van der Waals surface area contributed by atoms with E-state index in [9.17, 15) is 19.2 Å². The van der Waals surface area contributed by atoms with Crippen LogP contribution < -0.4 is 10.7 Å². The molecule has 0 aromatic carbocycles. The monoisotopic (exact) mass is 657 g/mol. The maximum Gasteiger partial charge on any atom is 0.328 e. The first kappa shape index (κ1) is 36.4. The molecule has 3 atom stereocenters. The van der Waals surface area contributed by atoms with E-state index in [4.69, 9.17) is 13.6 Å². The van der Waals surface area contributed by atoms with Gasteiger partial charge in [0.25, 0.3) is 5.91 Å². The number of hydrogen-bond acceptors (Lipinski definition) is 8. The van der Waals surface area contributed by atoms with Gasteiger partial charge in [-0.3, -0.25) is 14.4 Å². The average Bonchev–Trinajstić information content (AvgIpc) is 3.58. The van der Waals surface area contributed by atoms with Crippen molar-refractivity contribution in [2.45, 2.75) is 103 Å². The first-order valence-electron chi connectivity index (χ1n) is 15.9. The van der Waals surface area contributed by atoms with Gasteiger partial charge in [-0.1, -0.05) is 77.7 Å². The largest absolute Gasteiger partial charge is 0.464 e. The lowest BCUT2D eigenvalue weighted by atomic mass is 10.1. The van der Waals surface area contributed by atoms with E-state index in [2.05, 4.69) is 63.8 Å². The number of cyclic esters (lactones) is 1. The lowest BCUT2D eigenvalue weighted by Crippen LogP contribution is -2.46. The fourth-order valence-electron chi connectivity index (χ4n) is 4.82. The number of oxazole rings is 1. The van der Waals surface area contributed by atoms with Crippen molar-refractivity contribution in [3.63, 3.8) is 0 Å². The molecule has 1 aromatic rings. The summed E-state index contributed by atoms with van der Waals surface area (Å²) in [4.78, 5) is 58.8. The Kier molecular flexibility index (Phi) is 12.1. The molecule has 248 valence electrons. The minimum Gasteiger partial charge on any atom is -0.464 e. The summed E-state index contributed by atoms with van der Waals surface area (Å²) in [6, 6.07) is -0.735. The van der Waals surface area contributed by atoms with Crippen LogP contribution in [0.4, 0.5) is 0 Å². The van der Waals surface area contributed by atoms with Crippen molar-refractivity contribution in [2.24, 2.45) is 5.92 Å². The molecule has 10 nitrogen and oxygen atoms in total. The minimum atomic E-state index is -2.22. The molecule has 45 heavy (non-hydrogen) atoms. The molecule has 2 bridgehead atoms. The summed E-state index contributed by atoms with van der Waals surface area (Å²) in [5.74, 6) is -1.25. The van der Waals surface area contributed by atoms with Gasteiger partial charge in [-0.2, -0.15) is 0 Å². The number of esters is 1. The Morgan fingerprint density at radius 1 is 1.04 bits per heavy atom. The Balaban J connectivity index is 1.96. The molecule has 0 radical (unpaired) electrons. The van der Waals surface area contributed by atoms with Gasteiger partial charge in [-0.15, -0.1) is 0 Å². The maximum atomic E-state index is 13.9. The van der Waals surface area contributed by atoms with E-state index in [1.807, 2.05) is 31.2 Å².